The van der Waals surface area contributed by atoms with Gasteiger partial charge in [-0.1, -0.05) is 60.7 Å². The van der Waals surface area contributed by atoms with Crippen LogP contribution in [0.4, 0.5) is 32.0 Å². The van der Waals surface area contributed by atoms with Crippen molar-refractivity contribution in [1.82, 2.24) is 9.80 Å². The first-order chi connectivity index (χ1) is 19.0. The number of hydrogen-bond acceptors (Lipinski definition) is 4. The first kappa shape index (κ1) is 28.7. The van der Waals surface area contributed by atoms with Crippen molar-refractivity contribution >= 4 is 11.6 Å². The number of carbonyl (C=O) groups excluding carboxylic acids is 1. The Kier molecular flexibility index (Phi) is 8.49. The molecule has 5 nitrogen and oxygen atoms in total. The highest BCUT2D eigenvalue weighted by atomic mass is 19.4. The maximum atomic E-state index is 13.1. The fourth-order valence-electron chi connectivity index (χ4n) is 4.57. The Balaban J connectivity index is 1.49. The summed E-state index contributed by atoms with van der Waals surface area (Å²) in [6, 6.07) is 22.3. The Morgan fingerprint density at radius 2 is 1.27 bits per heavy atom. The van der Waals surface area contributed by atoms with Crippen LogP contribution in [0.2, 0.25) is 0 Å². The van der Waals surface area contributed by atoms with Crippen molar-refractivity contribution in [1.29, 1.82) is 5.26 Å². The molecule has 1 amide bonds. The van der Waals surface area contributed by atoms with Crippen LogP contribution in [0.25, 0.3) is 0 Å². The van der Waals surface area contributed by atoms with Gasteiger partial charge >= 0.3 is 12.4 Å². The van der Waals surface area contributed by atoms with E-state index in [2.05, 4.69) is 10.2 Å². The molecule has 0 radical (unpaired) electrons. The van der Waals surface area contributed by atoms with E-state index in [-0.39, 0.29) is 25.2 Å². The fraction of sp³-hybridized carbons (Fsp3) is 0.241. The number of benzene rings is 3. The van der Waals surface area contributed by atoms with Crippen LogP contribution in [0.1, 0.15) is 28.3 Å². The zero-order valence-electron chi connectivity index (χ0n) is 21.0. The number of nitrogens with zero attached hydrogens (tertiary/aromatic N) is 3. The van der Waals surface area contributed by atoms with Crippen LogP contribution in [0.3, 0.4) is 0 Å². The molecule has 11 heteroatoms. The summed E-state index contributed by atoms with van der Waals surface area (Å²) in [6.07, 6.45) is -9.21. The van der Waals surface area contributed by atoms with Crippen molar-refractivity contribution < 1.29 is 31.1 Å². The normalized spacial score (nSPS) is 15.2. The average Bonchev–Trinajstić information content (AvgIpc) is 2.94. The summed E-state index contributed by atoms with van der Waals surface area (Å²) in [5.74, 6) is -0.673. The van der Waals surface area contributed by atoms with E-state index >= 15 is 0 Å². The smallest absolute Gasteiger partial charge is 0.360 e. The number of nitriles is 1. The van der Waals surface area contributed by atoms with Gasteiger partial charge in [0.2, 0.25) is 0 Å². The molecule has 0 atom stereocenters. The Hall–Kier alpha value is -4.30. The molecule has 40 heavy (non-hydrogen) atoms. The topological polar surface area (TPSA) is 59.4 Å². The van der Waals surface area contributed by atoms with Gasteiger partial charge in [-0.25, -0.2) is 0 Å². The molecule has 0 saturated carbocycles. The Morgan fingerprint density at radius 1 is 0.800 bits per heavy atom. The molecule has 3 aromatic carbocycles. The van der Waals surface area contributed by atoms with Crippen molar-refractivity contribution in [3.63, 3.8) is 0 Å². The summed E-state index contributed by atoms with van der Waals surface area (Å²) in [6.45, 7) is 1.51. The van der Waals surface area contributed by atoms with E-state index in [4.69, 9.17) is 0 Å². The SMILES string of the molecule is N#C/C(=C/Nc1cc(C(F)(F)F)cc(C(F)(F)F)c1)C(=O)N1CCN(C(c2ccccc2)c2ccccc2)CC1. The zero-order valence-corrected chi connectivity index (χ0v) is 21.0. The van der Waals surface area contributed by atoms with Gasteiger partial charge in [-0.2, -0.15) is 31.6 Å². The molecule has 0 bridgehead atoms. The summed E-state index contributed by atoms with van der Waals surface area (Å²) in [5.41, 5.74) is -1.86. The van der Waals surface area contributed by atoms with E-state index in [1.165, 1.54) is 4.90 Å². The lowest BCUT2D eigenvalue weighted by molar-refractivity contribution is -0.143. The molecule has 1 N–H and O–H groups in total. The minimum Gasteiger partial charge on any atom is -0.360 e. The van der Waals surface area contributed by atoms with E-state index in [1.54, 1.807) is 6.07 Å². The van der Waals surface area contributed by atoms with Crippen LogP contribution in [0, 0.1) is 11.3 Å². The molecule has 1 aliphatic rings. The molecule has 1 saturated heterocycles. The lowest BCUT2D eigenvalue weighted by atomic mass is 9.96. The van der Waals surface area contributed by atoms with Gasteiger partial charge in [0.1, 0.15) is 11.6 Å². The van der Waals surface area contributed by atoms with E-state index < -0.39 is 40.6 Å². The highest BCUT2D eigenvalue weighted by Crippen LogP contribution is 2.37. The number of carbonyl (C=O) groups is 1. The van der Waals surface area contributed by atoms with Gasteiger partial charge in [-0.3, -0.25) is 9.69 Å². The average molecular weight is 559 g/mol. The second-order valence-corrected chi connectivity index (χ2v) is 9.16. The largest absolute Gasteiger partial charge is 0.416 e. The fourth-order valence-corrected chi connectivity index (χ4v) is 4.57. The van der Waals surface area contributed by atoms with Crippen molar-refractivity contribution in [2.75, 3.05) is 31.5 Å². The number of amides is 1. The Labute approximate surface area is 226 Å². The van der Waals surface area contributed by atoms with E-state index in [0.29, 0.717) is 25.2 Å². The van der Waals surface area contributed by atoms with Crippen molar-refractivity contribution in [2.45, 2.75) is 18.4 Å². The van der Waals surface area contributed by atoms with Crippen molar-refractivity contribution in [2.24, 2.45) is 0 Å². The molecular weight excluding hydrogens is 534 g/mol. The predicted molar refractivity (Wildman–Crippen MR) is 137 cm³/mol. The number of anilines is 1. The Morgan fingerprint density at radius 3 is 1.70 bits per heavy atom. The summed E-state index contributed by atoms with van der Waals surface area (Å²) < 4.78 is 78.9. The van der Waals surface area contributed by atoms with Gasteiger partial charge in [0.05, 0.1) is 17.2 Å². The van der Waals surface area contributed by atoms with Crippen LogP contribution in [-0.2, 0) is 17.1 Å². The predicted octanol–water partition coefficient (Wildman–Crippen LogP) is 6.48. The van der Waals surface area contributed by atoms with Crippen LogP contribution in [0.5, 0.6) is 0 Å². The third kappa shape index (κ3) is 6.82. The van der Waals surface area contributed by atoms with Gasteiger partial charge in [-0.15, -0.1) is 0 Å². The van der Waals surface area contributed by atoms with Crippen LogP contribution in [-0.4, -0.2) is 41.9 Å². The second kappa shape index (κ2) is 11.8. The van der Waals surface area contributed by atoms with E-state index in [9.17, 15) is 36.4 Å². The molecule has 0 unspecified atom stereocenters. The maximum absolute atomic E-state index is 13.1. The number of alkyl halides is 6. The van der Waals surface area contributed by atoms with Crippen LogP contribution in [0.15, 0.2) is 90.6 Å². The molecule has 1 aliphatic heterocycles. The molecule has 1 fully saturated rings. The Bertz CT molecular complexity index is 1320. The number of halogens is 6. The lowest BCUT2D eigenvalue weighted by Gasteiger charge is -2.39. The van der Waals surface area contributed by atoms with Crippen LogP contribution < -0.4 is 5.32 Å². The monoisotopic (exact) mass is 558 g/mol. The molecule has 3 aromatic rings. The highest BCUT2D eigenvalue weighted by molar-refractivity contribution is 5.97. The van der Waals surface area contributed by atoms with Gasteiger partial charge in [0.25, 0.3) is 5.91 Å². The van der Waals surface area contributed by atoms with Gasteiger partial charge in [0, 0.05) is 38.1 Å². The molecule has 1 heterocycles. The third-order valence-electron chi connectivity index (χ3n) is 6.52. The third-order valence-corrected chi connectivity index (χ3v) is 6.52. The number of hydrogen-bond donors (Lipinski definition) is 1. The minimum absolute atomic E-state index is 0.00286. The van der Waals surface area contributed by atoms with Crippen molar-refractivity contribution in [3.05, 3.63) is 113 Å². The number of nitrogens with one attached hydrogen (secondary N) is 1. The maximum Gasteiger partial charge on any atom is 0.416 e. The molecule has 0 aromatic heterocycles. The molecule has 0 aliphatic carbocycles. The van der Waals surface area contributed by atoms with E-state index in [0.717, 1.165) is 17.3 Å². The summed E-state index contributed by atoms with van der Waals surface area (Å²) >= 11 is 0. The van der Waals surface area contributed by atoms with Crippen molar-refractivity contribution in [3.8, 4) is 6.07 Å². The summed E-state index contributed by atoms with van der Waals surface area (Å²) in [5, 5.41) is 11.8. The molecule has 208 valence electrons. The highest BCUT2D eigenvalue weighted by Gasteiger charge is 2.37. The molecule has 4 rings (SSSR count). The summed E-state index contributed by atoms with van der Waals surface area (Å²) in [4.78, 5) is 16.7. The summed E-state index contributed by atoms with van der Waals surface area (Å²) in [7, 11) is 0. The lowest BCUT2D eigenvalue weighted by Crippen LogP contribution is -2.50. The quantitative estimate of drug-likeness (QED) is 0.214. The first-order valence-corrected chi connectivity index (χ1v) is 12.3. The number of piperazine rings is 1. The van der Waals surface area contributed by atoms with E-state index in [1.807, 2.05) is 60.7 Å². The number of rotatable bonds is 6. The first-order valence-electron chi connectivity index (χ1n) is 12.3. The molecular formula is C29H24F6N4O. The van der Waals surface area contributed by atoms with Crippen LogP contribution >= 0.6 is 0 Å². The van der Waals surface area contributed by atoms with Gasteiger partial charge in [0.15, 0.2) is 0 Å². The van der Waals surface area contributed by atoms with Gasteiger partial charge < -0.3 is 10.2 Å². The van der Waals surface area contributed by atoms with Gasteiger partial charge in [-0.05, 0) is 29.3 Å². The minimum atomic E-state index is -5.02. The zero-order chi connectivity index (χ0) is 28.9. The standard InChI is InChI=1S/C29H24F6N4O/c30-28(31,32)23-15-24(29(33,34)35)17-25(16-23)37-19-22(18-36)27(40)39-13-11-38(12-14-39)26(20-7-3-1-4-8-20)21-9-5-2-6-10-21/h1-10,15-17,19,26,37H,11-14H2/b22-19-. The second-order valence-electron chi connectivity index (χ2n) is 9.16. The molecule has 0 spiro atoms.